The lowest BCUT2D eigenvalue weighted by molar-refractivity contribution is -0.115. The molecule has 1 heterocycles. The Morgan fingerprint density at radius 2 is 2.00 bits per heavy atom. The lowest BCUT2D eigenvalue weighted by atomic mass is 9.89. The molecule has 0 unspecified atom stereocenters. The molecule has 1 N–H and O–H groups in total. The highest BCUT2D eigenvalue weighted by molar-refractivity contribution is 7.80. The molecule has 134 valence electrons. The van der Waals surface area contributed by atoms with Crippen LogP contribution >= 0.6 is 12.2 Å². The van der Waals surface area contributed by atoms with Crippen LogP contribution in [0.5, 0.6) is 11.5 Å². The van der Waals surface area contributed by atoms with Gasteiger partial charge in [0.25, 0.3) is 5.91 Å². The molecular weight excluding hydrogens is 336 g/mol. The van der Waals surface area contributed by atoms with Crippen LogP contribution in [-0.4, -0.2) is 36.7 Å². The maximum Gasteiger partial charge on any atom is 0.274 e. The van der Waals surface area contributed by atoms with Gasteiger partial charge >= 0.3 is 0 Å². The van der Waals surface area contributed by atoms with E-state index in [0.717, 1.165) is 12.1 Å². The maximum atomic E-state index is 12.4. The molecule has 1 saturated heterocycles. The van der Waals surface area contributed by atoms with Crippen molar-refractivity contribution in [2.75, 3.05) is 20.8 Å². The zero-order chi connectivity index (χ0) is 17.8. The molecule has 1 aliphatic carbocycles. The number of methoxy groups -OCH3 is 2. The van der Waals surface area contributed by atoms with Crippen molar-refractivity contribution in [3.05, 3.63) is 29.5 Å². The van der Waals surface area contributed by atoms with Gasteiger partial charge in [-0.2, -0.15) is 0 Å². The molecular formula is C19H24N2O3S. The van der Waals surface area contributed by atoms with Crippen LogP contribution in [0.2, 0.25) is 0 Å². The largest absolute Gasteiger partial charge is 0.493 e. The monoisotopic (exact) mass is 360 g/mol. The molecule has 6 heteroatoms. The van der Waals surface area contributed by atoms with Crippen molar-refractivity contribution >= 4 is 29.3 Å². The van der Waals surface area contributed by atoms with E-state index in [4.69, 9.17) is 21.7 Å². The zero-order valence-electron chi connectivity index (χ0n) is 14.7. The van der Waals surface area contributed by atoms with Gasteiger partial charge in [0.1, 0.15) is 5.70 Å². The average Bonchev–Trinajstić information content (AvgIpc) is 2.89. The Labute approximate surface area is 154 Å². The number of ether oxygens (including phenoxy) is 2. The Balaban J connectivity index is 1.91. The third kappa shape index (κ3) is 3.79. The van der Waals surface area contributed by atoms with E-state index in [1.54, 1.807) is 14.2 Å². The van der Waals surface area contributed by atoms with Crippen LogP contribution in [0.3, 0.4) is 0 Å². The predicted molar refractivity (Wildman–Crippen MR) is 102 cm³/mol. The third-order valence-electron chi connectivity index (χ3n) is 4.88. The summed E-state index contributed by atoms with van der Waals surface area (Å²) in [4.78, 5) is 14.4. The van der Waals surface area contributed by atoms with E-state index in [2.05, 4.69) is 5.32 Å². The molecule has 2 aliphatic rings. The summed E-state index contributed by atoms with van der Waals surface area (Å²) >= 11 is 5.39. The number of amides is 1. The third-order valence-corrected chi connectivity index (χ3v) is 5.20. The summed E-state index contributed by atoms with van der Waals surface area (Å²) in [6.07, 6.45) is 8.05. The van der Waals surface area contributed by atoms with Crippen LogP contribution in [0.4, 0.5) is 0 Å². The van der Waals surface area contributed by atoms with Crippen LogP contribution in [0, 0.1) is 5.92 Å². The molecule has 1 aliphatic heterocycles. The Morgan fingerprint density at radius 1 is 1.24 bits per heavy atom. The number of nitrogens with one attached hydrogen (secondary N) is 1. The van der Waals surface area contributed by atoms with Crippen LogP contribution in [0.25, 0.3) is 6.08 Å². The number of hydrogen-bond acceptors (Lipinski definition) is 4. The second-order valence-corrected chi connectivity index (χ2v) is 6.87. The fourth-order valence-corrected chi connectivity index (χ4v) is 3.85. The van der Waals surface area contributed by atoms with E-state index < -0.39 is 0 Å². The number of carbonyl (C=O) groups is 1. The van der Waals surface area contributed by atoms with Gasteiger partial charge in [-0.3, -0.25) is 10.1 Å². The number of benzene rings is 1. The van der Waals surface area contributed by atoms with Gasteiger partial charge in [0.15, 0.2) is 16.6 Å². The summed E-state index contributed by atoms with van der Waals surface area (Å²) in [5.74, 6) is 1.66. The van der Waals surface area contributed by atoms with Crippen LogP contribution in [0.15, 0.2) is 23.9 Å². The van der Waals surface area contributed by atoms with Crippen molar-refractivity contribution in [1.82, 2.24) is 10.2 Å². The summed E-state index contributed by atoms with van der Waals surface area (Å²) in [7, 11) is 3.20. The number of hydrogen-bond donors (Lipinski definition) is 1. The summed E-state index contributed by atoms with van der Waals surface area (Å²) in [6, 6.07) is 5.62. The minimum absolute atomic E-state index is 0.161. The molecule has 5 nitrogen and oxygen atoms in total. The molecule has 0 aromatic heterocycles. The Morgan fingerprint density at radius 3 is 2.68 bits per heavy atom. The highest BCUT2D eigenvalue weighted by Gasteiger charge is 2.32. The molecule has 25 heavy (non-hydrogen) atoms. The van der Waals surface area contributed by atoms with E-state index in [1.165, 1.54) is 32.1 Å². The van der Waals surface area contributed by atoms with E-state index in [-0.39, 0.29) is 5.91 Å². The van der Waals surface area contributed by atoms with Crippen molar-refractivity contribution in [1.29, 1.82) is 0 Å². The molecule has 1 aromatic carbocycles. The van der Waals surface area contributed by atoms with Crippen molar-refractivity contribution in [2.45, 2.75) is 32.1 Å². The summed E-state index contributed by atoms with van der Waals surface area (Å²) < 4.78 is 10.8. The Bertz CT molecular complexity index is 696. The molecule has 1 amide bonds. The van der Waals surface area contributed by atoms with Gasteiger partial charge in [-0.05, 0) is 43.1 Å². The van der Waals surface area contributed by atoms with Gasteiger partial charge in [-0.25, -0.2) is 0 Å². The first-order valence-electron chi connectivity index (χ1n) is 8.69. The van der Waals surface area contributed by atoms with E-state index in [1.807, 2.05) is 29.2 Å². The first-order chi connectivity index (χ1) is 12.1. The Hall–Kier alpha value is -2.08. The predicted octanol–water partition coefficient (Wildman–Crippen LogP) is 3.34. The summed E-state index contributed by atoms with van der Waals surface area (Å²) in [5.41, 5.74) is 1.37. The number of thiocarbonyl (C=S) groups is 1. The van der Waals surface area contributed by atoms with Crippen LogP contribution in [0.1, 0.15) is 37.7 Å². The van der Waals surface area contributed by atoms with E-state index in [9.17, 15) is 4.79 Å². The van der Waals surface area contributed by atoms with Crippen molar-refractivity contribution in [2.24, 2.45) is 5.92 Å². The summed E-state index contributed by atoms with van der Waals surface area (Å²) in [5, 5.41) is 3.26. The van der Waals surface area contributed by atoms with Gasteiger partial charge in [-0.15, -0.1) is 0 Å². The molecule has 0 atom stereocenters. The number of para-hydroxylation sites is 1. The molecule has 0 spiro atoms. The smallest absolute Gasteiger partial charge is 0.274 e. The quantitative estimate of drug-likeness (QED) is 0.645. The number of rotatable bonds is 5. The van der Waals surface area contributed by atoms with Crippen molar-refractivity contribution in [3.63, 3.8) is 0 Å². The molecule has 0 bridgehead atoms. The minimum atomic E-state index is -0.161. The zero-order valence-corrected chi connectivity index (χ0v) is 15.5. The highest BCUT2D eigenvalue weighted by Crippen LogP contribution is 2.34. The average molecular weight is 360 g/mol. The van der Waals surface area contributed by atoms with Gasteiger partial charge < -0.3 is 14.4 Å². The lowest BCUT2D eigenvalue weighted by Gasteiger charge is -2.27. The van der Waals surface area contributed by atoms with Gasteiger partial charge in [-0.1, -0.05) is 31.4 Å². The first-order valence-corrected chi connectivity index (χ1v) is 9.10. The van der Waals surface area contributed by atoms with Crippen molar-refractivity contribution in [3.8, 4) is 11.5 Å². The molecule has 3 rings (SSSR count). The van der Waals surface area contributed by atoms with Gasteiger partial charge in [0.2, 0.25) is 0 Å². The highest BCUT2D eigenvalue weighted by atomic mass is 32.1. The standard InChI is InChI=1S/C19H24N2O3S/c1-23-16-10-6-9-14(17(16)24-2)11-15-18(22)20-19(25)21(15)12-13-7-4-3-5-8-13/h6,9-11,13H,3-5,7-8,12H2,1-2H3,(H,20,22,25)/b15-11+. The summed E-state index contributed by atoms with van der Waals surface area (Å²) in [6.45, 7) is 0.787. The second-order valence-electron chi connectivity index (χ2n) is 6.49. The lowest BCUT2D eigenvalue weighted by Crippen LogP contribution is -2.32. The Kier molecular flexibility index (Phi) is 5.58. The maximum absolute atomic E-state index is 12.4. The van der Waals surface area contributed by atoms with E-state index in [0.29, 0.717) is 28.2 Å². The molecule has 1 aromatic rings. The topological polar surface area (TPSA) is 50.8 Å². The number of nitrogens with zero attached hydrogens (tertiary/aromatic N) is 1. The SMILES string of the molecule is COc1cccc(/C=C2\C(=O)NC(=S)N2CC2CCCCC2)c1OC. The van der Waals surface area contributed by atoms with Gasteiger partial charge in [0.05, 0.1) is 14.2 Å². The van der Waals surface area contributed by atoms with Crippen molar-refractivity contribution < 1.29 is 14.3 Å². The first kappa shape index (κ1) is 17.7. The normalized spacial score (nSPS) is 20.1. The minimum Gasteiger partial charge on any atom is -0.493 e. The van der Waals surface area contributed by atoms with E-state index >= 15 is 0 Å². The molecule has 0 radical (unpaired) electrons. The van der Waals surface area contributed by atoms with Crippen LogP contribution in [-0.2, 0) is 4.79 Å². The fraction of sp³-hybridized carbons (Fsp3) is 0.474. The van der Waals surface area contributed by atoms with Gasteiger partial charge in [0, 0.05) is 12.1 Å². The molecule has 1 saturated carbocycles. The van der Waals surface area contributed by atoms with Crippen LogP contribution < -0.4 is 14.8 Å². The second kappa shape index (κ2) is 7.87. The number of carbonyl (C=O) groups excluding carboxylic acids is 1. The molecule has 2 fully saturated rings. The fourth-order valence-electron chi connectivity index (χ4n) is 3.59.